The SMILES string of the molecule is COc1cc(C(=O)NC[C@](O)(c2cc3c(c(-c4ccc(F)c(Cl)c4)n2)OC[C@]3(C)C(N)=O)C(F)(F)F)cc2sc(C3CC3)nc12. The third kappa shape index (κ3) is 5.24. The number of thiazole rings is 1. The van der Waals surface area contributed by atoms with Crippen LogP contribution >= 0.6 is 22.9 Å². The molecular weight excluding hydrogens is 640 g/mol. The first kappa shape index (κ1) is 31.0. The Labute approximate surface area is 262 Å². The molecule has 4 aromatic rings. The lowest BCUT2D eigenvalue weighted by Crippen LogP contribution is -2.51. The number of nitrogens with one attached hydrogen (secondary N) is 1. The van der Waals surface area contributed by atoms with Crippen molar-refractivity contribution in [2.75, 3.05) is 20.3 Å². The number of alkyl halides is 3. The molecule has 0 bridgehead atoms. The van der Waals surface area contributed by atoms with Crippen molar-refractivity contribution in [2.24, 2.45) is 5.73 Å². The smallest absolute Gasteiger partial charge is 0.424 e. The Kier molecular flexibility index (Phi) is 7.45. The molecule has 1 aliphatic carbocycles. The molecule has 3 heterocycles. The number of carbonyl (C=O) groups excluding carboxylic acids is 2. The van der Waals surface area contributed by atoms with Crippen molar-refractivity contribution in [1.82, 2.24) is 15.3 Å². The van der Waals surface area contributed by atoms with Crippen molar-refractivity contribution in [3.63, 3.8) is 0 Å². The molecule has 0 unspecified atom stereocenters. The topological polar surface area (TPSA) is 137 Å². The number of benzene rings is 2. The first-order valence-electron chi connectivity index (χ1n) is 13.7. The molecule has 4 N–H and O–H groups in total. The quantitative estimate of drug-likeness (QED) is 0.216. The molecule has 1 saturated carbocycles. The third-order valence-electron chi connectivity index (χ3n) is 8.09. The molecule has 1 fully saturated rings. The summed E-state index contributed by atoms with van der Waals surface area (Å²) in [7, 11) is 1.39. The number of hydrogen-bond donors (Lipinski definition) is 3. The van der Waals surface area contributed by atoms with Crippen LogP contribution in [0.4, 0.5) is 17.6 Å². The molecule has 236 valence electrons. The monoisotopic (exact) mass is 664 g/mol. The molecule has 2 amide bonds. The van der Waals surface area contributed by atoms with Crippen LogP contribution in [0.1, 0.15) is 52.3 Å². The first-order valence-corrected chi connectivity index (χ1v) is 14.9. The van der Waals surface area contributed by atoms with Crippen molar-refractivity contribution < 1.29 is 41.7 Å². The number of methoxy groups -OCH3 is 1. The van der Waals surface area contributed by atoms with E-state index in [1.165, 1.54) is 43.6 Å². The van der Waals surface area contributed by atoms with Crippen LogP contribution in [0.5, 0.6) is 11.5 Å². The predicted molar refractivity (Wildman–Crippen MR) is 157 cm³/mol. The number of fused-ring (bicyclic) bond motifs is 2. The van der Waals surface area contributed by atoms with Crippen LogP contribution in [-0.4, -0.2) is 53.3 Å². The average Bonchev–Trinajstić information content (AvgIpc) is 3.66. The van der Waals surface area contributed by atoms with Gasteiger partial charge in [-0.2, -0.15) is 13.2 Å². The summed E-state index contributed by atoms with van der Waals surface area (Å²) >= 11 is 7.31. The Morgan fingerprint density at radius 2 is 1.96 bits per heavy atom. The second-order valence-corrected chi connectivity index (χ2v) is 12.7. The summed E-state index contributed by atoms with van der Waals surface area (Å²) in [5.41, 5.74) is -0.418. The maximum absolute atomic E-state index is 14.7. The highest BCUT2D eigenvalue weighted by Gasteiger charge is 2.57. The molecular formula is C30H25ClF4N4O5S. The summed E-state index contributed by atoms with van der Waals surface area (Å²) in [6.07, 6.45) is -3.37. The zero-order chi connectivity index (χ0) is 32.5. The van der Waals surface area contributed by atoms with Crippen molar-refractivity contribution in [2.45, 2.75) is 42.9 Å². The van der Waals surface area contributed by atoms with Gasteiger partial charge in [0.2, 0.25) is 11.5 Å². The Balaban J connectivity index is 1.41. The van der Waals surface area contributed by atoms with Gasteiger partial charge in [0.25, 0.3) is 5.91 Å². The predicted octanol–water partition coefficient (Wildman–Crippen LogP) is 5.35. The van der Waals surface area contributed by atoms with Gasteiger partial charge in [0.1, 0.15) is 40.5 Å². The summed E-state index contributed by atoms with van der Waals surface area (Å²) in [6, 6.07) is 7.07. The van der Waals surface area contributed by atoms with E-state index in [0.29, 0.717) is 16.1 Å². The van der Waals surface area contributed by atoms with E-state index in [1.807, 2.05) is 0 Å². The minimum Gasteiger partial charge on any atom is -0.494 e. The summed E-state index contributed by atoms with van der Waals surface area (Å²) in [5, 5.41) is 14.0. The minimum absolute atomic E-state index is 0.00636. The van der Waals surface area contributed by atoms with Gasteiger partial charge in [0.05, 0.1) is 34.1 Å². The molecule has 15 heteroatoms. The van der Waals surface area contributed by atoms with E-state index >= 15 is 0 Å². The molecule has 2 aliphatic rings. The highest BCUT2D eigenvalue weighted by Crippen LogP contribution is 2.48. The van der Waals surface area contributed by atoms with Crippen LogP contribution in [0.15, 0.2) is 36.4 Å². The zero-order valence-electron chi connectivity index (χ0n) is 23.7. The number of aliphatic hydroxyl groups is 1. The van der Waals surface area contributed by atoms with E-state index in [9.17, 15) is 32.3 Å². The van der Waals surface area contributed by atoms with E-state index in [1.54, 1.807) is 0 Å². The lowest BCUT2D eigenvalue weighted by molar-refractivity contribution is -0.265. The number of primary amides is 1. The summed E-state index contributed by atoms with van der Waals surface area (Å²) in [6.45, 7) is -0.302. The number of ether oxygens (including phenoxy) is 2. The van der Waals surface area contributed by atoms with Crippen molar-refractivity contribution in [3.8, 4) is 22.8 Å². The van der Waals surface area contributed by atoms with E-state index in [-0.39, 0.29) is 45.5 Å². The Morgan fingerprint density at radius 1 is 1.22 bits per heavy atom. The number of hydrogen-bond acceptors (Lipinski definition) is 8. The zero-order valence-corrected chi connectivity index (χ0v) is 25.3. The Morgan fingerprint density at radius 3 is 2.58 bits per heavy atom. The van der Waals surface area contributed by atoms with Crippen molar-refractivity contribution in [1.29, 1.82) is 0 Å². The molecule has 0 saturated heterocycles. The number of carbonyl (C=O) groups is 2. The number of rotatable bonds is 8. The third-order valence-corrected chi connectivity index (χ3v) is 9.55. The fourth-order valence-corrected chi connectivity index (χ4v) is 6.47. The second kappa shape index (κ2) is 10.8. The van der Waals surface area contributed by atoms with Gasteiger partial charge < -0.3 is 25.6 Å². The Hall–Kier alpha value is -4.01. The molecule has 0 spiro atoms. The van der Waals surface area contributed by atoms with Crippen LogP contribution in [0, 0.1) is 5.82 Å². The fourth-order valence-electron chi connectivity index (χ4n) is 5.09. The molecule has 9 nitrogen and oxygen atoms in total. The number of nitrogens with zero attached hydrogens (tertiary/aromatic N) is 2. The largest absolute Gasteiger partial charge is 0.494 e. The van der Waals surface area contributed by atoms with E-state index in [2.05, 4.69) is 15.3 Å². The van der Waals surface area contributed by atoms with Gasteiger partial charge in [-0.3, -0.25) is 9.59 Å². The summed E-state index contributed by atoms with van der Waals surface area (Å²) < 4.78 is 69.9. The first-order chi connectivity index (χ1) is 21.2. The van der Waals surface area contributed by atoms with E-state index in [0.717, 1.165) is 36.0 Å². The van der Waals surface area contributed by atoms with Crippen LogP contribution in [-0.2, 0) is 15.8 Å². The van der Waals surface area contributed by atoms with Gasteiger partial charge in [-0.15, -0.1) is 11.3 Å². The summed E-state index contributed by atoms with van der Waals surface area (Å²) in [5.74, 6) is -2.07. The van der Waals surface area contributed by atoms with Gasteiger partial charge in [-0.25, -0.2) is 14.4 Å². The lowest BCUT2D eigenvalue weighted by atomic mass is 9.81. The van der Waals surface area contributed by atoms with Crippen molar-refractivity contribution in [3.05, 3.63) is 69.1 Å². The molecule has 0 radical (unpaired) electrons. The average molecular weight is 665 g/mol. The fraction of sp³-hybridized carbons (Fsp3) is 0.333. The van der Waals surface area contributed by atoms with Crippen LogP contribution < -0.4 is 20.5 Å². The molecule has 2 aromatic heterocycles. The maximum Gasteiger partial charge on any atom is 0.424 e. The van der Waals surface area contributed by atoms with E-state index in [4.69, 9.17) is 26.8 Å². The summed E-state index contributed by atoms with van der Waals surface area (Å²) in [4.78, 5) is 34.4. The van der Waals surface area contributed by atoms with Gasteiger partial charge in [0, 0.05) is 22.6 Å². The molecule has 2 atom stereocenters. The normalized spacial score (nSPS) is 19.1. The van der Waals surface area contributed by atoms with Crippen LogP contribution in [0.25, 0.3) is 21.5 Å². The van der Waals surface area contributed by atoms with E-state index < -0.39 is 47.1 Å². The highest BCUT2D eigenvalue weighted by atomic mass is 35.5. The Bertz CT molecular complexity index is 1880. The maximum atomic E-state index is 14.7. The molecule has 2 aromatic carbocycles. The lowest BCUT2D eigenvalue weighted by Gasteiger charge is -2.31. The second-order valence-electron chi connectivity index (χ2n) is 11.2. The van der Waals surface area contributed by atoms with Gasteiger partial charge >= 0.3 is 6.18 Å². The van der Waals surface area contributed by atoms with Crippen LogP contribution in [0.2, 0.25) is 5.02 Å². The van der Waals surface area contributed by atoms with Gasteiger partial charge in [0.15, 0.2) is 0 Å². The molecule has 6 rings (SSSR count). The van der Waals surface area contributed by atoms with Gasteiger partial charge in [-0.05, 0) is 56.2 Å². The molecule has 45 heavy (non-hydrogen) atoms. The number of aromatic nitrogens is 2. The standard InChI is InChI=1S/C30H25ClF4N4O5S/c1-28(27(36)41)12-44-24-16(28)10-21(38-22(24)14-5-6-18(32)17(31)7-14)29(42,30(33,34)35)11-37-25(40)15-8-19(43-2)23-20(9-15)45-26(39-23)13-3-4-13/h5-10,13,42H,3-4,11-12H2,1-2H3,(H2,36,41)(H,37,40)/t28-,29-/m0/s1. The number of pyridine rings is 1. The van der Waals surface area contributed by atoms with Crippen LogP contribution in [0.3, 0.4) is 0 Å². The number of nitrogens with two attached hydrogens (primary N) is 1. The highest BCUT2D eigenvalue weighted by molar-refractivity contribution is 7.18. The number of halogens is 5. The van der Waals surface area contributed by atoms with Gasteiger partial charge in [-0.1, -0.05) is 11.6 Å². The van der Waals surface area contributed by atoms with Crippen molar-refractivity contribution >= 4 is 45.0 Å². The minimum atomic E-state index is -5.37. The molecule has 1 aliphatic heterocycles. The number of amides is 2.